The molecule has 1 N–H and O–H groups in total. The number of hydrogen-bond acceptors (Lipinski definition) is 5. The van der Waals surface area contributed by atoms with Crippen LogP contribution in [0.5, 0.6) is 0 Å². The average molecular weight is 380 g/mol. The zero-order valence-electron chi connectivity index (χ0n) is 13.9. The van der Waals surface area contributed by atoms with Crippen LogP contribution in [-0.4, -0.2) is 15.8 Å². The zero-order chi connectivity index (χ0) is 18.1. The molecule has 0 atom stereocenters. The number of carbonyl (C=O) groups excluding carboxylic acids is 1. The number of Topliss-reactive ketones (excluding diaryl/α,β-unsaturated/α-hetero) is 1. The smallest absolute Gasteiger partial charge is 0.225 e. The van der Waals surface area contributed by atoms with Gasteiger partial charge in [0.25, 0.3) is 0 Å². The van der Waals surface area contributed by atoms with E-state index < -0.39 is 0 Å². The van der Waals surface area contributed by atoms with E-state index in [2.05, 4.69) is 33.5 Å². The summed E-state index contributed by atoms with van der Waals surface area (Å²) < 4.78 is 0. The summed E-state index contributed by atoms with van der Waals surface area (Å²) in [5.41, 5.74) is 2.54. The predicted molar refractivity (Wildman–Crippen MR) is 108 cm³/mol. The number of nitrogens with one attached hydrogen (secondary N) is 1. The van der Waals surface area contributed by atoms with Crippen LogP contribution in [-0.2, 0) is 0 Å². The van der Waals surface area contributed by atoms with Crippen molar-refractivity contribution >= 4 is 50.4 Å². The predicted octanol–water partition coefficient (Wildman–Crippen LogP) is 5.96. The summed E-state index contributed by atoms with van der Waals surface area (Å²) in [6.07, 6.45) is 0. The van der Waals surface area contributed by atoms with Gasteiger partial charge in [-0.05, 0) is 42.3 Å². The maximum Gasteiger partial charge on any atom is 0.225 e. The highest BCUT2D eigenvalue weighted by atomic mass is 35.5. The van der Waals surface area contributed by atoms with Gasteiger partial charge in [-0.15, -0.1) is 11.3 Å². The van der Waals surface area contributed by atoms with E-state index in [9.17, 15) is 4.79 Å². The number of carbonyl (C=O) groups is 1. The van der Waals surface area contributed by atoms with E-state index in [0.29, 0.717) is 11.4 Å². The van der Waals surface area contributed by atoms with Crippen LogP contribution in [0.15, 0.2) is 60.7 Å². The van der Waals surface area contributed by atoms with Crippen molar-refractivity contribution in [3.05, 3.63) is 71.5 Å². The average Bonchev–Trinajstić information content (AvgIpc) is 3.07. The molecule has 6 heteroatoms. The lowest BCUT2D eigenvalue weighted by atomic mass is 10.1. The van der Waals surface area contributed by atoms with Crippen molar-refractivity contribution in [2.45, 2.75) is 6.92 Å². The second-order valence-corrected chi connectivity index (χ2v) is 7.17. The lowest BCUT2D eigenvalue weighted by molar-refractivity contribution is 0.101. The number of anilines is 2. The van der Waals surface area contributed by atoms with Crippen LogP contribution in [0, 0.1) is 0 Å². The van der Waals surface area contributed by atoms with Gasteiger partial charge in [0.05, 0.1) is 5.39 Å². The molecular weight excluding hydrogens is 366 g/mol. The van der Waals surface area contributed by atoms with E-state index in [1.165, 1.54) is 0 Å². The van der Waals surface area contributed by atoms with Crippen LogP contribution in [0.25, 0.3) is 20.7 Å². The number of halogens is 1. The minimum absolute atomic E-state index is 0.0152. The maximum atomic E-state index is 11.6. The molecule has 0 radical (unpaired) electrons. The van der Waals surface area contributed by atoms with Gasteiger partial charge in [0.2, 0.25) is 5.28 Å². The Kier molecular flexibility index (Phi) is 4.41. The van der Waals surface area contributed by atoms with Gasteiger partial charge in [0, 0.05) is 16.1 Å². The van der Waals surface area contributed by atoms with Crippen molar-refractivity contribution in [3.63, 3.8) is 0 Å². The summed E-state index contributed by atoms with van der Waals surface area (Å²) in [7, 11) is 0. The van der Waals surface area contributed by atoms with Crippen molar-refractivity contribution in [1.29, 1.82) is 0 Å². The van der Waals surface area contributed by atoms with Crippen LogP contribution in [0.1, 0.15) is 17.3 Å². The highest BCUT2D eigenvalue weighted by Gasteiger charge is 2.13. The number of thiophene rings is 1. The molecule has 0 bridgehead atoms. The Morgan fingerprint density at radius 1 is 1.04 bits per heavy atom. The molecule has 4 rings (SSSR count). The molecule has 0 fully saturated rings. The maximum absolute atomic E-state index is 11.6. The van der Waals surface area contributed by atoms with Crippen molar-refractivity contribution in [2.24, 2.45) is 0 Å². The Morgan fingerprint density at radius 3 is 2.62 bits per heavy atom. The van der Waals surface area contributed by atoms with Gasteiger partial charge in [-0.2, -0.15) is 4.98 Å². The monoisotopic (exact) mass is 379 g/mol. The number of fused-ring (bicyclic) bond motifs is 1. The molecule has 0 spiro atoms. The quantitative estimate of drug-likeness (QED) is 0.351. The fraction of sp³-hybridized carbons (Fsp3) is 0.0500. The normalized spacial score (nSPS) is 10.8. The molecule has 0 saturated heterocycles. The summed E-state index contributed by atoms with van der Waals surface area (Å²) in [6, 6.07) is 19.5. The van der Waals surface area contributed by atoms with E-state index in [4.69, 9.17) is 11.6 Å². The minimum atomic E-state index is 0.0152. The third-order valence-electron chi connectivity index (χ3n) is 3.96. The second kappa shape index (κ2) is 6.86. The van der Waals surface area contributed by atoms with Crippen LogP contribution in [0.4, 0.5) is 11.5 Å². The van der Waals surface area contributed by atoms with Crippen LogP contribution >= 0.6 is 22.9 Å². The molecule has 0 amide bonds. The van der Waals surface area contributed by atoms with Crippen LogP contribution in [0.3, 0.4) is 0 Å². The first kappa shape index (κ1) is 16.7. The summed E-state index contributed by atoms with van der Waals surface area (Å²) in [5.74, 6) is 0.639. The van der Waals surface area contributed by atoms with E-state index in [-0.39, 0.29) is 11.1 Å². The lowest BCUT2D eigenvalue weighted by Crippen LogP contribution is -1.98. The third-order valence-corrected chi connectivity index (χ3v) is 5.20. The highest BCUT2D eigenvalue weighted by molar-refractivity contribution is 7.22. The number of ketones is 1. The van der Waals surface area contributed by atoms with Gasteiger partial charge < -0.3 is 5.32 Å². The van der Waals surface area contributed by atoms with Gasteiger partial charge in [-0.3, -0.25) is 4.79 Å². The summed E-state index contributed by atoms with van der Waals surface area (Å²) in [5, 5.41) is 4.35. The Morgan fingerprint density at radius 2 is 1.85 bits per heavy atom. The van der Waals surface area contributed by atoms with Gasteiger partial charge in [-0.1, -0.05) is 42.5 Å². The Balaban J connectivity index is 1.78. The molecule has 0 saturated carbocycles. The molecule has 0 unspecified atom stereocenters. The summed E-state index contributed by atoms with van der Waals surface area (Å²) >= 11 is 7.69. The van der Waals surface area contributed by atoms with Crippen molar-refractivity contribution < 1.29 is 4.79 Å². The summed E-state index contributed by atoms with van der Waals surface area (Å²) in [6.45, 7) is 1.55. The van der Waals surface area contributed by atoms with Crippen LogP contribution < -0.4 is 5.32 Å². The SMILES string of the molecule is CC(=O)c1cccc(Nc2nc(Cl)nc3sc(-c4ccccc4)cc23)c1. The van der Waals surface area contributed by atoms with E-state index >= 15 is 0 Å². The molecular formula is C20H14ClN3OS. The van der Waals surface area contributed by atoms with Gasteiger partial charge in [0.15, 0.2) is 5.78 Å². The first-order valence-electron chi connectivity index (χ1n) is 8.01. The topological polar surface area (TPSA) is 54.9 Å². The number of nitrogens with zero attached hydrogens (tertiary/aromatic N) is 2. The summed E-state index contributed by atoms with van der Waals surface area (Å²) in [4.78, 5) is 22.2. The van der Waals surface area contributed by atoms with Gasteiger partial charge in [0.1, 0.15) is 10.6 Å². The molecule has 26 heavy (non-hydrogen) atoms. The van der Waals surface area contributed by atoms with E-state index in [1.807, 2.05) is 30.3 Å². The lowest BCUT2D eigenvalue weighted by Gasteiger charge is -2.08. The molecule has 0 aliphatic carbocycles. The zero-order valence-corrected chi connectivity index (χ0v) is 15.4. The molecule has 2 heterocycles. The number of rotatable bonds is 4. The fourth-order valence-corrected chi connectivity index (χ4v) is 3.94. The van der Waals surface area contributed by atoms with Crippen molar-refractivity contribution in [1.82, 2.24) is 9.97 Å². The largest absolute Gasteiger partial charge is 0.340 e. The number of hydrogen-bond donors (Lipinski definition) is 1. The highest BCUT2D eigenvalue weighted by Crippen LogP contribution is 2.36. The minimum Gasteiger partial charge on any atom is -0.340 e. The molecule has 0 aliphatic rings. The second-order valence-electron chi connectivity index (χ2n) is 5.80. The van der Waals surface area contributed by atoms with Crippen molar-refractivity contribution in [3.8, 4) is 10.4 Å². The standard InChI is InChI=1S/C20H14ClN3OS/c1-12(25)14-8-5-9-15(10-14)22-18-16-11-17(13-6-3-2-4-7-13)26-19(16)24-20(21)23-18/h2-11H,1H3,(H,22,23,24). The molecule has 4 nitrogen and oxygen atoms in total. The Bertz CT molecular complexity index is 1110. The van der Waals surface area contributed by atoms with Crippen LogP contribution in [0.2, 0.25) is 5.28 Å². The first-order valence-corrected chi connectivity index (χ1v) is 9.20. The van der Waals surface area contributed by atoms with Crippen molar-refractivity contribution in [2.75, 3.05) is 5.32 Å². The fourth-order valence-electron chi connectivity index (χ4n) is 2.69. The van der Waals surface area contributed by atoms with E-state index in [1.54, 1.807) is 30.4 Å². The first-order chi connectivity index (χ1) is 12.6. The van der Waals surface area contributed by atoms with Gasteiger partial charge >= 0.3 is 0 Å². The number of benzene rings is 2. The number of aromatic nitrogens is 2. The third kappa shape index (κ3) is 3.31. The molecule has 128 valence electrons. The molecule has 4 aromatic rings. The van der Waals surface area contributed by atoms with Gasteiger partial charge in [-0.25, -0.2) is 4.98 Å². The molecule has 0 aliphatic heterocycles. The Labute approximate surface area is 159 Å². The Hall–Kier alpha value is -2.76. The molecule has 2 aromatic carbocycles. The van der Waals surface area contributed by atoms with E-state index in [0.717, 1.165) is 26.3 Å². The molecule has 2 aromatic heterocycles.